The first-order valence-corrected chi connectivity index (χ1v) is 3.70. The summed E-state index contributed by atoms with van der Waals surface area (Å²) >= 11 is 0. The molecule has 5 N–H and O–H groups in total. The van der Waals surface area contributed by atoms with Gasteiger partial charge in [0.05, 0.1) is 0 Å². The second kappa shape index (κ2) is 3.88. The minimum absolute atomic E-state index is 0.355. The first-order valence-electron chi connectivity index (χ1n) is 3.70. The maximum Gasteiger partial charge on any atom is 0.318 e. The molecule has 0 rings (SSSR count). The SMILES string of the molecule is CC(C)(C)C(=O)NC(=N)NC(N)=O. The zero-order chi connectivity index (χ0) is 10.6. The molecule has 0 bridgehead atoms. The number of carbonyl (C=O) groups is 2. The van der Waals surface area contributed by atoms with E-state index >= 15 is 0 Å². The van der Waals surface area contributed by atoms with Gasteiger partial charge in [0.1, 0.15) is 0 Å². The molecular weight excluding hydrogens is 172 g/mol. The van der Waals surface area contributed by atoms with E-state index in [0.717, 1.165) is 0 Å². The van der Waals surface area contributed by atoms with Gasteiger partial charge in [0.15, 0.2) is 0 Å². The molecule has 0 aliphatic rings. The fourth-order valence-corrected chi connectivity index (χ4v) is 0.455. The zero-order valence-electron chi connectivity index (χ0n) is 7.89. The lowest BCUT2D eigenvalue weighted by molar-refractivity contribution is -0.127. The first kappa shape index (κ1) is 11.4. The quantitative estimate of drug-likeness (QED) is 0.309. The highest BCUT2D eigenvalue weighted by molar-refractivity contribution is 6.03. The second-order valence-corrected chi connectivity index (χ2v) is 3.57. The fourth-order valence-electron chi connectivity index (χ4n) is 0.455. The molecule has 0 aromatic rings. The van der Waals surface area contributed by atoms with Crippen LogP contribution >= 0.6 is 0 Å². The van der Waals surface area contributed by atoms with Crippen LogP contribution in [0, 0.1) is 10.8 Å². The molecule has 0 aliphatic carbocycles. The predicted octanol–water partition coefficient (Wildman–Crippen LogP) is -0.248. The van der Waals surface area contributed by atoms with Gasteiger partial charge in [-0.25, -0.2) is 4.79 Å². The number of amides is 3. The Labute approximate surface area is 76.4 Å². The molecule has 0 aromatic heterocycles. The Hall–Kier alpha value is -1.59. The molecule has 0 radical (unpaired) electrons. The van der Waals surface area contributed by atoms with Crippen LogP contribution in [0.3, 0.4) is 0 Å². The third-order valence-corrected chi connectivity index (χ3v) is 1.17. The average Bonchev–Trinajstić information content (AvgIpc) is 1.82. The van der Waals surface area contributed by atoms with Gasteiger partial charge in [-0.15, -0.1) is 0 Å². The maximum absolute atomic E-state index is 11.2. The predicted molar refractivity (Wildman–Crippen MR) is 48.0 cm³/mol. The van der Waals surface area contributed by atoms with Crippen molar-refractivity contribution < 1.29 is 9.59 Å². The summed E-state index contributed by atoms with van der Waals surface area (Å²) in [5.41, 5.74) is 4.13. The van der Waals surface area contributed by atoms with Crippen molar-refractivity contribution in [3.05, 3.63) is 0 Å². The molecule has 0 aromatic carbocycles. The molecule has 13 heavy (non-hydrogen) atoms. The van der Waals surface area contributed by atoms with Gasteiger partial charge >= 0.3 is 6.03 Å². The van der Waals surface area contributed by atoms with Gasteiger partial charge < -0.3 is 5.73 Å². The van der Waals surface area contributed by atoms with Crippen LogP contribution in [0.25, 0.3) is 0 Å². The Morgan fingerprint density at radius 2 is 1.69 bits per heavy atom. The van der Waals surface area contributed by atoms with Crippen LogP contribution in [0.15, 0.2) is 0 Å². The normalized spacial score (nSPS) is 10.4. The minimum Gasteiger partial charge on any atom is -0.351 e. The van der Waals surface area contributed by atoms with E-state index < -0.39 is 17.4 Å². The van der Waals surface area contributed by atoms with E-state index in [1.807, 2.05) is 5.32 Å². The molecule has 0 saturated carbocycles. The standard InChI is InChI=1S/C7H14N4O2/c1-7(2,3)4(12)10-5(8)11-6(9)13/h1-3H3,(H5,8,9,10,11,12,13). The summed E-state index contributed by atoms with van der Waals surface area (Å²) in [6.07, 6.45) is 0. The van der Waals surface area contributed by atoms with Gasteiger partial charge in [0, 0.05) is 5.41 Å². The molecule has 0 atom stereocenters. The van der Waals surface area contributed by atoms with Crippen LogP contribution in [0.1, 0.15) is 20.8 Å². The molecule has 0 unspecified atom stereocenters. The largest absolute Gasteiger partial charge is 0.351 e. The highest BCUT2D eigenvalue weighted by Gasteiger charge is 2.22. The van der Waals surface area contributed by atoms with Crippen molar-refractivity contribution in [1.82, 2.24) is 10.6 Å². The summed E-state index contributed by atoms with van der Waals surface area (Å²) in [5.74, 6) is -0.765. The van der Waals surface area contributed by atoms with Gasteiger partial charge in [0.2, 0.25) is 11.9 Å². The van der Waals surface area contributed by atoms with Crippen molar-refractivity contribution >= 4 is 17.9 Å². The van der Waals surface area contributed by atoms with Crippen molar-refractivity contribution in [3.63, 3.8) is 0 Å². The number of nitrogens with two attached hydrogens (primary N) is 1. The lowest BCUT2D eigenvalue weighted by Crippen LogP contribution is -2.48. The summed E-state index contributed by atoms with van der Waals surface area (Å²) in [6, 6.07) is -0.876. The molecule has 74 valence electrons. The van der Waals surface area contributed by atoms with Crippen molar-refractivity contribution in [2.45, 2.75) is 20.8 Å². The van der Waals surface area contributed by atoms with Gasteiger partial charge in [-0.05, 0) is 0 Å². The molecule has 0 fully saturated rings. The molecule has 6 heteroatoms. The number of primary amides is 1. The Morgan fingerprint density at radius 1 is 1.23 bits per heavy atom. The highest BCUT2D eigenvalue weighted by Crippen LogP contribution is 2.11. The van der Waals surface area contributed by atoms with Crippen LogP contribution in [0.5, 0.6) is 0 Å². The number of hydrogen-bond donors (Lipinski definition) is 4. The van der Waals surface area contributed by atoms with E-state index in [1.165, 1.54) is 0 Å². The van der Waals surface area contributed by atoms with Gasteiger partial charge in [-0.1, -0.05) is 20.8 Å². The van der Waals surface area contributed by atoms with E-state index in [4.69, 9.17) is 11.1 Å². The monoisotopic (exact) mass is 186 g/mol. The topological polar surface area (TPSA) is 108 Å². The van der Waals surface area contributed by atoms with Crippen LogP contribution in [0.4, 0.5) is 4.79 Å². The molecule has 0 saturated heterocycles. The zero-order valence-corrected chi connectivity index (χ0v) is 7.89. The van der Waals surface area contributed by atoms with E-state index in [2.05, 4.69) is 5.32 Å². The first-order chi connectivity index (χ1) is 5.73. The van der Waals surface area contributed by atoms with Crippen LogP contribution in [-0.2, 0) is 4.79 Å². The molecule has 0 aliphatic heterocycles. The number of guanidine groups is 1. The number of rotatable bonds is 0. The van der Waals surface area contributed by atoms with E-state index in [-0.39, 0.29) is 5.91 Å². The molecular formula is C7H14N4O2. The minimum atomic E-state index is -0.876. The van der Waals surface area contributed by atoms with Crippen molar-refractivity contribution in [2.75, 3.05) is 0 Å². The van der Waals surface area contributed by atoms with Crippen LogP contribution in [-0.4, -0.2) is 17.9 Å². The van der Waals surface area contributed by atoms with Crippen LogP contribution < -0.4 is 16.4 Å². The molecule has 0 heterocycles. The van der Waals surface area contributed by atoms with Gasteiger partial charge in [0.25, 0.3) is 0 Å². The summed E-state index contributed by atoms with van der Waals surface area (Å²) in [7, 11) is 0. The van der Waals surface area contributed by atoms with Crippen molar-refractivity contribution in [1.29, 1.82) is 5.41 Å². The van der Waals surface area contributed by atoms with Gasteiger partial charge in [-0.3, -0.25) is 20.8 Å². The lowest BCUT2D eigenvalue weighted by atomic mass is 9.96. The van der Waals surface area contributed by atoms with Gasteiger partial charge in [-0.2, -0.15) is 0 Å². The third kappa shape index (κ3) is 4.78. The number of hydrogen-bond acceptors (Lipinski definition) is 3. The second-order valence-electron chi connectivity index (χ2n) is 3.57. The smallest absolute Gasteiger partial charge is 0.318 e. The molecule has 3 amide bonds. The summed E-state index contributed by atoms with van der Waals surface area (Å²) in [5, 5.41) is 11.2. The average molecular weight is 186 g/mol. The summed E-state index contributed by atoms with van der Waals surface area (Å²) in [4.78, 5) is 21.5. The fraction of sp³-hybridized carbons (Fsp3) is 0.571. The number of urea groups is 1. The molecule has 0 spiro atoms. The van der Waals surface area contributed by atoms with Crippen molar-refractivity contribution in [2.24, 2.45) is 11.1 Å². The van der Waals surface area contributed by atoms with E-state index in [1.54, 1.807) is 20.8 Å². The number of nitrogens with one attached hydrogen (secondary N) is 3. The lowest BCUT2D eigenvalue weighted by Gasteiger charge is -2.17. The van der Waals surface area contributed by atoms with E-state index in [9.17, 15) is 9.59 Å². The summed E-state index contributed by atoms with van der Waals surface area (Å²) in [6.45, 7) is 5.08. The maximum atomic E-state index is 11.2. The third-order valence-electron chi connectivity index (χ3n) is 1.17. The van der Waals surface area contributed by atoms with E-state index in [0.29, 0.717) is 0 Å². The molecule has 6 nitrogen and oxygen atoms in total. The van der Waals surface area contributed by atoms with Crippen LogP contribution in [0.2, 0.25) is 0 Å². The highest BCUT2D eigenvalue weighted by atomic mass is 16.2. The summed E-state index contributed by atoms with van der Waals surface area (Å²) < 4.78 is 0. The van der Waals surface area contributed by atoms with Crippen molar-refractivity contribution in [3.8, 4) is 0 Å². The Balaban J connectivity index is 4.08. The number of carbonyl (C=O) groups excluding carboxylic acids is 2. The Bertz CT molecular complexity index is 241. The Kier molecular flexibility index (Phi) is 3.41. The Morgan fingerprint density at radius 3 is 2.00 bits per heavy atom.